The zero-order chi connectivity index (χ0) is 10.0. The highest BCUT2D eigenvalue weighted by Crippen LogP contribution is 2.20. The Morgan fingerprint density at radius 3 is 2.36 bits per heavy atom. The van der Waals surface area contributed by atoms with Gasteiger partial charge in [-0.15, -0.1) is 12.4 Å². The molecule has 0 aromatic heterocycles. The zero-order valence-corrected chi connectivity index (χ0v) is 9.64. The second-order valence-electron chi connectivity index (χ2n) is 3.56. The number of aryl methyl sites for hydroxylation is 1. The Morgan fingerprint density at radius 1 is 1.29 bits per heavy atom. The highest BCUT2D eigenvalue weighted by atomic mass is 35.5. The number of aliphatic hydroxyl groups is 1. The predicted molar refractivity (Wildman–Crippen MR) is 61.8 cm³/mol. The van der Waals surface area contributed by atoms with Crippen molar-refractivity contribution in [2.24, 2.45) is 5.73 Å². The van der Waals surface area contributed by atoms with Gasteiger partial charge in [-0.05, 0) is 37.5 Å². The minimum absolute atomic E-state index is 0. The first kappa shape index (κ1) is 13.4. The van der Waals surface area contributed by atoms with Gasteiger partial charge < -0.3 is 10.8 Å². The van der Waals surface area contributed by atoms with Gasteiger partial charge in [-0.25, -0.2) is 0 Å². The normalized spacial score (nSPS) is 14.4. The summed E-state index contributed by atoms with van der Waals surface area (Å²) < 4.78 is 0. The second kappa shape index (κ2) is 5.35. The molecule has 0 fully saturated rings. The molecule has 14 heavy (non-hydrogen) atoms. The molecule has 0 aliphatic carbocycles. The van der Waals surface area contributed by atoms with Crippen molar-refractivity contribution in [1.82, 2.24) is 0 Å². The van der Waals surface area contributed by atoms with E-state index in [0.717, 1.165) is 5.56 Å². The van der Waals surface area contributed by atoms with E-state index in [0.29, 0.717) is 0 Å². The summed E-state index contributed by atoms with van der Waals surface area (Å²) in [4.78, 5) is 0. The largest absolute Gasteiger partial charge is 0.391 e. The number of halogens is 1. The molecule has 1 rings (SSSR count). The lowest BCUT2D eigenvalue weighted by Crippen LogP contribution is -2.24. The third-order valence-electron chi connectivity index (χ3n) is 2.53. The summed E-state index contributed by atoms with van der Waals surface area (Å²) in [5, 5.41) is 9.36. The van der Waals surface area contributed by atoms with Gasteiger partial charge in [0.05, 0.1) is 12.1 Å². The molecule has 0 bridgehead atoms. The summed E-state index contributed by atoms with van der Waals surface area (Å²) in [5.41, 5.74) is 9.29. The van der Waals surface area contributed by atoms with E-state index in [1.165, 1.54) is 11.1 Å². The number of hydrogen-bond donors (Lipinski definition) is 2. The van der Waals surface area contributed by atoms with Gasteiger partial charge in [-0.2, -0.15) is 0 Å². The Morgan fingerprint density at radius 2 is 1.86 bits per heavy atom. The van der Waals surface area contributed by atoms with Crippen LogP contribution in [0.1, 0.15) is 29.7 Å². The van der Waals surface area contributed by atoms with Crippen LogP contribution in [0.15, 0.2) is 18.2 Å². The minimum atomic E-state index is -0.500. The topological polar surface area (TPSA) is 46.2 Å². The Hall–Kier alpha value is -0.570. The van der Waals surface area contributed by atoms with Crippen LogP contribution in [0.5, 0.6) is 0 Å². The standard InChI is InChI=1S/C11H17NO.ClH/c1-7-5-4-6-10(8(7)2)11(12)9(3)13;/h4-6,9,11,13H,12H2,1-3H3;1H/t9-,11-;/m0./s1. The Labute approximate surface area is 91.5 Å². The van der Waals surface area contributed by atoms with Gasteiger partial charge in [-0.3, -0.25) is 0 Å². The fraction of sp³-hybridized carbons (Fsp3) is 0.455. The Kier molecular flexibility index (Phi) is 5.13. The molecule has 0 aliphatic rings. The lowest BCUT2D eigenvalue weighted by atomic mass is 9.95. The monoisotopic (exact) mass is 215 g/mol. The van der Waals surface area contributed by atoms with Crippen molar-refractivity contribution in [3.63, 3.8) is 0 Å². The van der Waals surface area contributed by atoms with Crippen LogP contribution in [-0.4, -0.2) is 11.2 Å². The molecule has 2 nitrogen and oxygen atoms in total. The summed E-state index contributed by atoms with van der Waals surface area (Å²) in [7, 11) is 0. The number of rotatable bonds is 2. The SMILES string of the molecule is Cc1cccc([C@@H](N)[C@H](C)O)c1C.Cl. The molecule has 3 heteroatoms. The molecule has 2 atom stereocenters. The maximum absolute atomic E-state index is 9.36. The van der Waals surface area contributed by atoms with Crippen molar-refractivity contribution >= 4 is 12.4 Å². The van der Waals surface area contributed by atoms with E-state index in [4.69, 9.17) is 5.73 Å². The Bertz CT molecular complexity index is 299. The average Bonchev–Trinajstić information content (AvgIpc) is 2.08. The van der Waals surface area contributed by atoms with Crippen LogP contribution < -0.4 is 5.73 Å². The highest BCUT2D eigenvalue weighted by molar-refractivity contribution is 5.85. The molecular formula is C11H18ClNO. The van der Waals surface area contributed by atoms with Gasteiger partial charge in [0.25, 0.3) is 0 Å². The molecule has 0 aliphatic heterocycles. The third-order valence-corrected chi connectivity index (χ3v) is 2.53. The van der Waals surface area contributed by atoms with Crippen LogP contribution >= 0.6 is 12.4 Å². The van der Waals surface area contributed by atoms with E-state index in [9.17, 15) is 5.11 Å². The molecule has 80 valence electrons. The fourth-order valence-corrected chi connectivity index (χ4v) is 1.39. The summed E-state index contributed by atoms with van der Waals surface area (Å²) in [6, 6.07) is 5.72. The quantitative estimate of drug-likeness (QED) is 0.794. The molecule has 0 saturated carbocycles. The van der Waals surface area contributed by atoms with Crippen molar-refractivity contribution in [2.75, 3.05) is 0 Å². The molecular weight excluding hydrogens is 198 g/mol. The van der Waals surface area contributed by atoms with Crippen LogP contribution in [0.3, 0.4) is 0 Å². The van der Waals surface area contributed by atoms with Crippen LogP contribution in [0.4, 0.5) is 0 Å². The number of hydrogen-bond acceptors (Lipinski definition) is 2. The van der Waals surface area contributed by atoms with E-state index in [-0.39, 0.29) is 18.4 Å². The van der Waals surface area contributed by atoms with Crippen LogP contribution in [-0.2, 0) is 0 Å². The summed E-state index contributed by atoms with van der Waals surface area (Å²) in [5.74, 6) is 0. The van der Waals surface area contributed by atoms with Crippen LogP contribution in [0, 0.1) is 13.8 Å². The van der Waals surface area contributed by atoms with Gasteiger partial charge in [0, 0.05) is 0 Å². The number of aliphatic hydroxyl groups excluding tert-OH is 1. The summed E-state index contributed by atoms with van der Waals surface area (Å²) in [6.45, 7) is 5.80. The van der Waals surface area contributed by atoms with Crippen molar-refractivity contribution in [3.05, 3.63) is 34.9 Å². The Balaban J connectivity index is 0.00000169. The van der Waals surface area contributed by atoms with Crippen molar-refractivity contribution in [3.8, 4) is 0 Å². The van der Waals surface area contributed by atoms with E-state index in [1.54, 1.807) is 6.92 Å². The lowest BCUT2D eigenvalue weighted by molar-refractivity contribution is 0.164. The van der Waals surface area contributed by atoms with E-state index in [2.05, 4.69) is 0 Å². The highest BCUT2D eigenvalue weighted by Gasteiger charge is 2.14. The van der Waals surface area contributed by atoms with E-state index < -0.39 is 6.10 Å². The minimum Gasteiger partial charge on any atom is -0.391 e. The lowest BCUT2D eigenvalue weighted by Gasteiger charge is -2.18. The molecule has 1 aromatic carbocycles. The molecule has 0 saturated heterocycles. The first-order chi connectivity index (χ1) is 6.04. The van der Waals surface area contributed by atoms with Crippen LogP contribution in [0.25, 0.3) is 0 Å². The summed E-state index contributed by atoms with van der Waals surface area (Å²) in [6.07, 6.45) is -0.500. The maximum Gasteiger partial charge on any atom is 0.0704 e. The van der Waals surface area contributed by atoms with Gasteiger partial charge in [0.1, 0.15) is 0 Å². The van der Waals surface area contributed by atoms with Gasteiger partial charge >= 0.3 is 0 Å². The van der Waals surface area contributed by atoms with Gasteiger partial charge in [-0.1, -0.05) is 18.2 Å². The van der Waals surface area contributed by atoms with Crippen LogP contribution in [0.2, 0.25) is 0 Å². The smallest absolute Gasteiger partial charge is 0.0704 e. The van der Waals surface area contributed by atoms with E-state index in [1.807, 2.05) is 32.0 Å². The van der Waals surface area contributed by atoms with Crippen molar-refractivity contribution < 1.29 is 5.11 Å². The number of benzene rings is 1. The first-order valence-corrected chi connectivity index (χ1v) is 4.53. The summed E-state index contributed by atoms with van der Waals surface area (Å²) >= 11 is 0. The molecule has 1 aromatic rings. The maximum atomic E-state index is 9.36. The zero-order valence-electron chi connectivity index (χ0n) is 8.82. The fourth-order valence-electron chi connectivity index (χ4n) is 1.39. The molecule has 0 heterocycles. The molecule has 0 spiro atoms. The molecule has 3 N–H and O–H groups in total. The number of nitrogens with two attached hydrogens (primary N) is 1. The van der Waals surface area contributed by atoms with Gasteiger partial charge in [0.2, 0.25) is 0 Å². The predicted octanol–water partition coefficient (Wildman–Crippen LogP) is 2.11. The third kappa shape index (κ3) is 2.71. The second-order valence-corrected chi connectivity index (χ2v) is 3.56. The van der Waals surface area contributed by atoms with E-state index >= 15 is 0 Å². The first-order valence-electron chi connectivity index (χ1n) is 4.53. The van der Waals surface area contributed by atoms with Crippen molar-refractivity contribution in [2.45, 2.75) is 32.9 Å². The van der Waals surface area contributed by atoms with Gasteiger partial charge in [0.15, 0.2) is 0 Å². The molecule has 0 radical (unpaired) electrons. The molecule has 0 amide bonds. The van der Waals surface area contributed by atoms with Crippen molar-refractivity contribution in [1.29, 1.82) is 0 Å². The average molecular weight is 216 g/mol. The molecule has 0 unspecified atom stereocenters.